The molecule has 1 aromatic carbocycles. The normalized spacial score (nSPS) is 19.9. The molecule has 0 spiro atoms. The molecule has 1 aromatic heterocycles. The quantitative estimate of drug-likeness (QED) is 0.872. The van der Waals surface area contributed by atoms with Crippen molar-refractivity contribution < 1.29 is 14.9 Å². The zero-order valence-corrected chi connectivity index (χ0v) is 14.5. The van der Waals surface area contributed by atoms with Gasteiger partial charge in [0.1, 0.15) is 11.4 Å². The summed E-state index contributed by atoms with van der Waals surface area (Å²) in [6.07, 6.45) is 2.73. The Balaban J connectivity index is 1.74. The number of aromatic nitrogens is 2. The van der Waals surface area contributed by atoms with E-state index in [9.17, 15) is 10.2 Å². The molecule has 2 aromatic rings. The van der Waals surface area contributed by atoms with E-state index < -0.39 is 0 Å². The van der Waals surface area contributed by atoms with Gasteiger partial charge in [0.05, 0.1) is 19.3 Å². The minimum Gasteiger partial charge on any atom is -0.507 e. The third-order valence-corrected chi connectivity index (χ3v) is 5.11. The van der Waals surface area contributed by atoms with Crippen molar-refractivity contribution in [2.75, 3.05) is 31.2 Å². The molecule has 0 saturated carbocycles. The molecule has 1 aliphatic carbocycles. The van der Waals surface area contributed by atoms with E-state index in [2.05, 4.69) is 15.1 Å². The number of hydrogen-bond donors (Lipinski definition) is 2. The fourth-order valence-electron chi connectivity index (χ4n) is 3.67. The van der Waals surface area contributed by atoms with Crippen molar-refractivity contribution >= 4 is 17.4 Å². The molecule has 0 unspecified atom stereocenters. The maximum atomic E-state index is 10.3. The summed E-state index contributed by atoms with van der Waals surface area (Å²) in [5.41, 5.74) is 3.74. The van der Waals surface area contributed by atoms with Crippen LogP contribution in [0.2, 0.25) is 5.02 Å². The first-order valence-corrected chi connectivity index (χ1v) is 8.90. The van der Waals surface area contributed by atoms with Gasteiger partial charge in [0.15, 0.2) is 5.82 Å². The number of phenols is 1. The number of halogens is 1. The van der Waals surface area contributed by atoms with Gasteiger partial charge in [0.2, 0.25) is 0 Å². The lowest BCUT2D eigenvalue weighted by Crippen LogP contribution is -2.45. The molecule has 1 fully saturated rings. The minimum atomic E-state index is -0.187. The van der Waals surface area contributed by atoms with Crippen LogP contribution in [0.1, 0.15) is 17.5 Å². The molecule has 2 aliphatic rings. The van der Waals surface area contributed by atoms with Crippen molar-refractivity contribution in [3.63, 3.8) is 0 Å². The Morgan fingerprint density at radius 2 is 2.08 bits per heavy atom. The molecule has 25 heavy (non-hydrogen) atoms. The van der Waals surface area contributed by atoms with E-state index in [1.54, 1.807) is 12.1 Å². The number of phenolic OH excluding ortho intramolecular Hbond substituents is 1. The maximum absolute atomic E-state index is 10.3. The molecule has 1 saturated heterocycles. The van der Waals surface area contributed by atoms with E-state index in [-0.39, 0.29) is 18.5 Å². The summed E-state index contributed by atoms with van der Waals surface area (Å²) < 4.78 is 5.53. The monoisotopic (exact) mass is 361 g/mol. The number of ether oxygens (including phenoxy) is 1. The average molecular weight is 362 g/mol. The number of morpholine rings is 1. The summed E-state index contributed by atoms with van der Waals surface area (Å²) in [6.45, 7) is 1.93. The van der Waals surface area contributed by atoms with Crippen LogP contribution in [0.4, 0.5) is 5.82 Å². The molecule has 2 N–H and O–H groups in total. The fourth-order valence-corrected chi connectivity index (χ4v) is 3.83. The van der Waals surface area contributed by atoms with E-state index in [4.69, 9.17) is 16.3 Å². The predicted molar refractivity (Wildman–Crippen MR) is 95.2 cm³/mol. The molecule has 1 atom stereocenters. The molecule has 132 valence electrons. The third kappa shape index (κ3) is 3.05. The van der Waals surface area contributed by atoms with Crippen LogP contribution < -0.4 is 4.90 Å². The highest BCUT2D eigenvalue weighted by Crippen LogP contribution is 2.39. The molecule has 4 rings (SSSR count). The van der Waals surface area contributed by atoms with Crippen LogP contribution in [0.25, 0.3) is 11.3 Å². The second-order valence-corrected chi connectivity index (χ2v) is 6.90. The van der Waals surface area contributed by atoms with E-state index in [0.717, 1.165) is 42.9 Å². The largest absolute Gasteiger partial charge is 0.507 e. The van der Waals surface area contributed by atoms with Gasteiger partial charge in [0.25, 0.3) is 0 Å². The Morgan fingerprint density at radius 1 is 1.24 bits per heavy atom. The topological polar surface area (TPSA) is 78.7 Å². The van der Waals surface area contributed by atoms with Gasteiger partial charge >= 0.3 is 0 Å². The van der Waals surface area contributed by atoms with E-state index in [0.29, 0.717) is 23.7 Å². The Hall–Kier alpha value is -1.89. The van der Waals surface area contributed by atoms with Gasteiger partial charge < -0.3 is 19.8 Å². The summed E-state index contributed by atoms with van der Waals surface area (Å²) in [5.74, 6) is 1.00. The van der Waals surface area contributed by atoms with E-state index in [1.807, 2.05) is 0 Å². The van der Waals surface area contributed by atoms with Crippen LogP contribution in [-0.2, 0) is 17.6 Å². The first kappa shape index (κ1) is 16.6. The smallest absolute Gasteiger partial charge is 0.154 e. The van der Waals surface area contributed by atoms with Crippen LogP contribution in [0, 0.1) is 0 Å². The number of aromatic hydroxyl groups is 1. The molecular formula is C18H20ClN3O3. The fraction of sp³-hybridized carbons (Fsp3) is 0.444. The number of nitrogens with zero attached hydrogens (tertiary/aromatic N) is 3. The highest BCUT2D eigenvalue weighted by atomic mass is 35.5. The Kier molecular flexibility index (Phi) is 4.50. The molecule has 2 heterocycles. The van der Waals surface area contributed by atoms with Gasteiger partial charge in [0, 0.05) is 29.2 Å². The lowest BCUT2D eigenvalue weighted by molar-refractivity contribution is 0.00328. The summed E-state index contributed by atoms with van der Waals surface area (Å²) >= 11 is 5.94. The highest BCUT2D eigenvalue weighted by Gasteiger charge is 2.28. The maximum Gasteiger partial charge on any atom is 0.154 e. The Morgan fingerprint density at radius 3 is 2.88 bits per heavy atom. The van der Waals surface area contributed by atoms with Crippen LogP contribution in [0.15, 0.2) is 18.2 Å². The number of aliphatic hydroxyl groups excluding tert-OH is 1. The lowest BCUT2D eigenvalue weighted by Gasteiger charge is -2.33. The molecule has 0 radical (unpaired) electrons. The molecule has 0 bridgehead atoms. The zero-order chi connectivity index (χ0) is 17.4. The summed E-state index contributed by atoms with van der Waals surface area (Å²) in [4.78, 5) is 2.15. The predicted octanol–water partition coefficient (Wildman–Crippen LogP) is 2.19. The highest BCUT2D eigenvalue weighted by molar-refractivity contribution is 6.30. The second-order valence-electron chi connectivity index (χ2n) is 6.47. The standard InChI is InChI=1S/C18H20ClN3O3/c19-11-4-5-15(16(24)8-11)17-13-2-1-3-14(13)18(21-20-17)22-6-7-25-12(9-22)10-23/h4-5,8,12,23-24H,1-3,6-7,9-10H2/t12-/m0/s1. The Bertz CT molecular complexity index is 799. The van der Waals surface area contributed by atoms with Gasteiger partial charge in [-0.1, -0.05) is 11.6 Å². The van der Waals surface area contributed by atoms with Gasteiger partial charge in [-0.2, -0.15) is 0 Å². The summed E-state index contributed by atoms with van der Waals surface area (Å²) in [5, 5.41) is 29.0. The number of aliphatic hydroxyl groups is 1. The van der Waals surface area contributed by atoms with Crippen LogP contribution >= 0.6 is 11.6 Å². The van der Waals surface area contributed by atoms with Crippen LogP contribution in [0.3, 0.4) is 0 Å². The van der Waals surface area contributed by atoms with Crippen molar-refractivity contribution in [2.45, 2.75) is 25.4 Å². The molecule has 7 heteroatoms. The van der Waals surface area contributed by atoms with Gasteiger partial charge in [-0.25, -0.2) is 0 Å². The molecular weight excluding hydrogens is 342 g/mol. The first-order valence-electron chi connectivity index (χ1n) is 8.52. The van der Waals surface area contributed by atoms with E-state index >= 15 is 0 Å². The third-order valence-electron chi connectivity index (χ3n) is 4.88. The average Bonchev–Trinajstić information content (AvgIpc) is 3.11. The van der Waals surface area contributed by atoms with Crippen molar-refractivity contribution in [3.05, 3.63) is 34.3 Å². The zero-order valence-electron chi connectivity index (χ0n) is 13.8. The van der Waals surface area contributed by atoms with Gasteiger partial charge in [-0.05, 0) is 43.0 Å². The van der Waals surface area contributed by atoms with Crippen molar-refractivity contribution in [1.29, 1.82) is 0 Å². The Labute approximate surface area is 151 Å². The summed E-state index contributed by atoms with van der Waals surface area (Å²) in [7, 11) is 0. The van der Waals surface area contributed by atoms with Crippen molar-refractivity contribution in [3.8, 4) is 17.0 Å². The first-order chi connectivity index (χ1) is 12.2. The van der Waals surface area contributed by atoms with Gasteiger partial charge in [-0.3, -0.25) is 0 Å². The van der Waals surface area contributed by atoms with Crippen molar-refractivity contribution in [2.24, 2.45) is 0 Å². The molecule has 0 amide bonds. The number of fused-ring (bicyclic) bond motifs is 1. The number of rotatable bonds is 3. The van der Waals surface area contributed by atoms with E-state index in [1.165, 1.54) is 11.6 Å². The lowest BCUT2D eigenvalue weighted by atomic mass is 10.0. The minimum absolute atomic E-state index is 0.00283. The van der Waals surface area contributed by atoms with Crippen molar-refractivity contribution in [1.82, 2.24) is 10.2 Å². The van der Waals surface area contributed by atoms with Crippen LogP contribution in [-0.4, -0.2) is 52.8 Å². The number of hydrogen-bond acceptors (Lipinski definition) is 6. The molecule has 1 aliphatic heterocycles. The molecule has 6 nitrogen and oxygen atoms in total. The SMILES string of the molecule is OC[C@@H]1CN(c2nnc(-c3ccc(Cl)cc3O)c3c2CCC3)CCO1. The number of benzene rings is 1. The number of anilines is 1. The second kappa shape index (κ2) is 6.78. The van der Waals surface area contributed by atoms with Crippen LogP contribution in [0.5, 0.6) is 5.75 Å². The van der Waals surface area contributed by atoms with Gasteiger partial charge in [-0.15, -0.1) is 10.2 Å². The summed E-state index contributed by atoms with van der Waals surface area (Å²) in [6, 6.07) is 5.07.